The van der Waals surface area contributed by atoms with Crippen LogP contribution in [0.2, 0.25) is 0 Å². The van der Waals surface area contributed by atoms with Gasteiger partial charge in [-0.2, -0.15) is 0 Å². The maximum absolute atomic E-state index is 12.7. The molecular formula is C21H18N2O3. The van der Waals surface area contributed by atoms with E-state index in [4.69, 9.17) is 9.47 Å². The Balaban J connectivity index is 1.46. The van der Waals surface area contributed by atoms with Crippen molar-refractivity contribution in [2.45, 2.75) is 6.54 Å². The molecule has 1 amide bonds. The van der Waals surface area contributed by atoms with Crippen molar-refractivity contribution in [3.8, 4) is 11.5 Å². The summed E-state index contributed by atoms with van der Waals surface area (Å²) in [6.07, 6.45) is 0. The zero-order chi connectivity index (χ0) is 17.8. The molecule has 5 nitrogen and oxygen atoms in total. The zero-order valence-electron chi connectivity index (χ0n) is 14.1. The molecule has 0 unspecified atom stereocenters. The molecule has 0 saturated carbocycles. The number of amides is 1. The standard InChI is InChI=1S/C21H18N2O3/c24-21(22-13-15-10-11-19-20(12-15)26-14-25-19)17-8-4-5-9-18(17)23-16-6-2-1-3-7-16/h1-12,23H,13-14H2,(H,22,24). The first-order chi connectivity index (χ1) is 12.8. The largest absolute Gasteiger partial charge is 0.454 e. The molecule has 130 valence electrons. The van der Waals surface area contributed by atoms with Gasteiger partial charge in [-0.3, -0.25) is 4.79 Å². The molecule has 26 heavy (non-hydrogen) atoms. The number of hydrogen-bond donors (Lipinski definition) is 2. The fraction of sp³-hybridized carbons (Fsp3) is 0.0952. The molecule has 0 spiro atoms. The molecule has 1 heterocycles. The van der Waals surface area contributed by atoms with Gasteiger partial charge in [0.05, 0.1) is 11.3 Å². The molecule has 0 radical (unpaired) electrons. The average Bonchev–Trinajstić information content (AvgIpc) is 3.15. The number of ether oxygens (including phenoxy) is 2. The van der Waals surface area contributed by atoms with E-state index in [9.17, 15) is 4.79 Å². The van der Waals surface area contributed by atoms with Crippen LogP contribution in [-0.2, 0) is 6.54 Å². The molecule has 0 bridgehead atoms. The summed E-state index contributed by atoms with van der Waals surface area (Å²) in [5.41, 5.74) is 3.25. The van der Waals surface area contributed by atoms with Crippen LogP contribution < -0.4 is 20.1 Å². The predicted molar refractivity (Wildman–Crippen MR) is 99.9 cm³/mol. The van der Waals surface area contributed by atoms with Gasteiger partial charge >= 0.3 is 0 Å². The SMILES string of the molecule is O=C(NCc1ccc2c(c1)OCO2)c1ccccc1Nc1ccccc1. The van der Waals surface area contributed by atoms with Gasteiger partial charge in [-0.25, -0.2) is 0 Å². The van der Waals surface area contributed by atoms with Gasteiger partial charge in [0.1, 0.15) is 0 Å². The first-order valence-electron chi connectivity index (χ1n) is 8.37. The minimum Gasteiger partial charge on any atom is -0.454 e. The fourth-order valence-corrected chi connectivity index (χ4v) is 2.80. The van der Waals surface area contributed by atoms with Crippen molar-refractivity contribution < 1.29 is 14.3 Å². The smallest absolute Gasteiger partial charge is 0.253 e. The topological polar surface area (TPSA) is 59.6 Å². The van der Waals surface area contributed by atoms with E-state index >= 15 is 0 Å². The van der Waals surface area contributed by atoms with Crippen LogP contribution in [0.4, 0.5) is 11.4 Å². The van der Waals surface area contributed by atoms with Crippen molar-refractivity contribution in [3.63, 3.8) is 0 Å². The van der Waals surface area contributed by atoms with Crippen molar-refractivity contribution >= 4 is 17.3 Å². The molecule has 5 heteroatoms. The number of hydrogen-bond acceptors (Lipinski definition) is 4. The number of carbonyl (C=O) groups excluding carboxylic acids is 1. The van der Waals surface area contributed by atoms with Crippen LogP contribution in [0.3, 0.4) is 0 Å². The summed E-state index contributed by atoms with van der Waals surface area (Å²) in [7, 11) is 0. The third kappa shape index (κ3) is 3.47. The maximum atomic E-state index is 12.7. The van der Waals surface area contributed by atoms with Gasteiger partial charge in [-0.1, -0.05) is 36.4 Å². The Bertz CT molecular complexity index is 926. The van der Waals surface area contributed by atoms with Crippen molar-refractivity contribution in [1.82, 2.24) is 5.32 Å². The molecule has 1 aliphatic rings. The third-order valence-corrected chi connectivity index (χ3v) is 4.11. The first-order valence-corrected chi connectivity index (χ1v) is 8.37. The number of benzene rings is 3. The number of carbonyl (C=O) groups is 1. The quantitative estimate of drug-likeness (QED) is 0.730. The van der Waals surface area contributed by atoms with Crippen LogP contribution in [0, 0.1) is 0 Å². The van der Waals surface area contributed by atoms with Gasteiger partial charge in [0.15, 0.2) is 11.5 Å². The summed E-state index contributed by atoms with van der Waals surface area (Å²) in [5, 5.41) is 6.25. The summed E-state index contributed by atoms with van der Waals surface area (Å²) in [4.78, 5) is 12.7. The van der Waals surface area contributed by atoms with Crippen LogP contribution >= 0.6 is 0 Å². The van der Waals surface area contributed by atoms with E-state index in [1.807, 2.05) is 66.7 Å². The molecule has 0 saturated heterocycles. The van der Waals surface area contributed by atoms with Crippen molar-refractivity contribution in [2.75, 3.05) is 12.1 Å². The van der Waals surface area contributed by atoms with E-state index in [2.05, 4.69) is 10.6 Å². The van der Waals surface area contributed by atoms with Crippen LogP contribution in [0.1, 0.15) is 15.9 Å². The van der Waals surface area contributed by atoms with Gasteiger partial charge in [0.25, 0.3) is 5.91 Å². The van der Waals surface area contributed by atoms with Gasteiger partial charge in [-0.15, -0.1) is 0 Å². The second kappa shape index (κ2) is 7.19. The van der Waals surface area contributed by atoms with E-state index in [1.165, 1.54) is 0 Å². The second-order valence-electron chi connectivity index (χ2n) is 5.91. The monoisotopic (exact) mass is 346 g/mol. The molecule has 3 aromatic rings. The zero-order valence-corrected chi connectivity index (χ0v) is 14.1. The van der Waals surface area contributed by atoms with Crippen LogP contribution in [-0.4, -0.2) is 12.7 Å². The molecule has 2 N–H and O–H groups in total. The van der Waals surface area contributed by atoms with Crippen LogP contribution in [0.25, 0.3) is 0 Å². The fourth-order valence-electron chi connectivity index (χ4n) is 2.80. The van der Waals surface area contributed by atoms with Crippen molar-refractivity contribution in [3.05, 3.63) is 83.9 Å². The van der Waals surface area contributed by atoms with Crippen LogP contribution in [0.5, 0.6) is 11.5 Å². The molecule has 0 fully saturated rings. The Labute approximate surface area is 151 Å². The van der Waals surface area contributed by atoms with Gasteiger partial charge in [0.2, 0.25) is 6.79 Å². The first kappa shape index (κ1) is 16.0. The normalized spacial score (nSPS) is 11.8. The molecule has 0 aromatic heterocycles. The lowest BCUT2D eigenvalue weighted by atomic mass is 10.1. The highest BCUT2D eigenvalue weighted by atomic mass is 16.7. The average molecular weight is 346 g/mol. The van der Waals surface area contributed by atoms with Gasteiger partial charge in [0, 0.05) is 12.2 Å². The Morgan fingerprint density at radius 1 is 0.885 bits per heavy atom. The number of anilines is 2. The minimum absolute atomic E-state index is 0.137. The predicted octanol–water partition coefficient (Wildman–Crippen LogP) is 4.09. The number of nitrogens with one attached hydrogen (secondary N) is 2. The van der Waals surface area contributed by atoms with E-state index in [1.54, 1.807) is 6.07 Å². The second-order valence-corrected chi connectivity index (χ2v) is 5.91. The minimum atomic E-state index is -0.137. The maximum Gasteiger partial charge on any atom is 0.253 e. The van der Waals surface area contributed by atoms with E-state index < -0.39 is 0 Å². The third-order valence-electron chi connectivity index (χ3n) is 4.11. The highest BCUT2D eigenvalue weighted by Crippen LogP contribution is 2.32. The Morgan fingerprint density at radius 3 is 2.54 bits per heavy atom. The highest BCUT2D eigenvalue weighted by Gasteiger charge is 2.14. The van der Waals surface area contributed by atoms with Crippen molar-refractivity contribution in [2.24, 2.45) is 0 Å². The highest BCUT2D eigenvalue weighted by molar-refractivity contribution is 6.00. The molecule has 0 atom stereocenters. The van der Waals surface area contributed by atoms with E-state index in [-0.39, 0.29) is 12.7 Å². The molecule has 3 aromatic carbocycles. The Kier molecular flexibility index (Phi) is 4.43. The van der Waals surface area contributed by atoms with Crippen LogP contribution in [0.15, 0.2) is 72.8 Å². The van der Waals surface area contributed by atoms with Gasteiger partial charge < -0.3 is 20.1 Å². The molecule has 4 rings (SSSR count). The summed E-state index contributed by atoms with van der Waals surface area (Å²) in [5.74, 6) is 1.31. The number of para-hydroxylation sites is 2. The lowest BCUT2D eigenvalue weighted by molar-refractivity contribution is 0.0951. The Morgan fingerprint density at radius 2 is 1.65 bits per heavy atom. The van der Waals surface area contributed by atoms with Crippen molar-refractivity contribution in [1.29, 1.82) is 0 Å². The summed E-state index contributed by atoms with van der Waals surface area (Å²) in [6, 6.07) is 22.9. The van der Waals surface area contributed by atoms with E-state index in [0.717, 1.165) is 22.7 Å². The number of rotatable bonds is 5. The summed E-state index contributed by atoms with van der Waals surface area (Å²) >= 11 is 0. The molecule has 1 aliphatic heterocycles. The van der Waals surface area contributed by atoms with E-state index in [0.29, 0.717) is 17.9 Å². The lowest BCUT2D eigenvalue weighted by Gasteiger charge is -2.12. The number of fused-ring (bicyclic) bond motifs is 1. The lowest BCUT2D eigenvalue weighted by Crippen LogP contribution is -2.23. The summed E-state index contributed by atoms with van der Waals surface area (Å²) in [6.45, 7) is 0.652. The molecular weight excluding hydrogens is 328 g/mol. The van der Waals surface area contributed by atoms with Gasteiger partial charge in [-0.05, 0) is 42.0 Å². The Hall–Kier alpha value is -3.47. The summed E-state index contributed by atoms with van der Waals surface area (Å²) < 4.78 is 10.7. The molecule has 0 aliphatic carbocycles.